The van der Waals surface area contributed by atoms with Crippen LogP contribution < -0.4 is 5.32 Å². The van der Waals surface area contributed by atoms with Crippen LogP contribution in [0.15, 0.2) is 54.6 Å². The van der Waals surface area contributed by atoms with Crippen LogP contribution in [0.2, 0.25) is 0 Å². The van der Waals surface area contributed by atoms with Crippen LogP contribution in [-0.2, 0) is 10.2 Å². The maximum atomic E-state index is 12.5. The Labute approximate surface area is 142 Å². The summed E-state index contributed by atoms with van der Waals surface area (Å²) in [7, 11) is 0. The van der Waals surface area contributed by atoms with E-state index in [-0.39, 0.29) is 11.3 Å². The van der Waals surface area contributed by atoms with E-state index in [1.807, 2.05) is 18.2 Å². The molecule has 0 aliphatic carbocycles. The summed E-state index contributed by atoms with van der Waals surface area (Å²) in [5.74, 6) is -0.145. The summed E-state index contributed by atoms with van der Waals surface area (Å²) in [6.07, 6.45) is 1.77. The Morgan fingerprint density at radius 1 is 1.12 bits per heavy atom. The molecule has 0 spiro atoms. The van der Waals surface area contributed by atoms with Gasteiger partial charge in [0.2, 0.25) is 0 Å². The molecule has 122 valence electrons. The van der Waals surface area contributed by atoms with Gasteiger partial charge in [-0.2, -0.15) is 5.26 Å². The minimum Gasteiger partial charge on any atom is -0.381 e. The zero-order valence-corrected chi connectivity index (χ0v) is 13.5. The van der Waals surface area contributed by atoms with Gasteiger partial charge in [-0.1, -0.05) is 36.4 Å². The average Bonchev–Trinajstić information content (AvgIpc) is 2.67. The standard InChI is InChI=1S/C20H20N2O2/c21-14-16-5-4-6-17(13-16)19(23)22-15-20(9-11-24-12-10-20)18-7-2-1-3-8-18/h1-8,13H,9-12,15H2,(H,22,23). The van der Waals surface area contributed by atoms with E-state index in [9.17, 15) is 4.79 Å². The molecule has 3 rings (SSSR count). The van der Waals surface area contributed by atoms with E-state index in [2.05, 4.69) is 23.5 Å². The molecular formula is C20H20N2O2. The summed E-state index contributed by atoms with van der Waals surface area (Å²) >= 11 is 0. The highest BCUT2D eigenvalue weighted by Crippen LogP contribution is 2.34. The lowest BCUT2D eigenvalue weighted by molar-refractivity contribution is 0.0487. The zero-order chi connectivity index (χ0) is 16.8. The molecule has 1 saturated heterocycles. The van der Waals surface area contributed by atoms with Gasteiger partial charge in [-0.05, 0) is 36.6 Å². The number of ether oxygens (including phenoxy) is 1. The van der Waals surface area contributed by atoms with Crippen LogP contribution in [0, 0.1) is 11.3 Å². The average molecular weight is 320 g/mol. The normalized spacial score (nSPS) is 16.1. The summed E-state index contributed by atoms with van der Waals surface area (Å²) < 4.78 is 5.52. The Hall–Kier alpha value is -2.64. The van der Waals surface area contributed by atoms with Crippen molar-refractivity contribution in [1.29, 1.82) is 5.26 Å². The summed E-state index contributed by atoms with van der Waals surface area (Å²) in [6.45, 7) is 1.97. The number of benzene rings is 2. The van der Waals surface area contributed by atoms with Gasteiger partial charge >= 0.3 is 0 Å². The molecule has 1 amide bonds. The van der Waals surface area contributed by atoms with Crippen molar-refractivity contribution in [1.82, 2.24) is 5.32 Å². The molecule has 1 aliphatic rings. The molecule has 0 aromatic heterocycles. The molecule has 24 heavy (non-hydrogen) atoms. The highest BCUT2D eigenvalue weighted by atomic mass is 16.5. The molecule has 4 heteroatoms. The number of amides is 1. The van der Waals surface area contributed by atoms with E-state index in [0.717, 1.165) is 12.8 Å². The Kier molecular flexibility index (Phi) is 4.93. The molecular weight excluding hydrogens is 300 g/mol. The lowest BCUT2D eigenvalue weighted by atomic mass is 9.74. The molecule has 0 unspecified atom stereocenters. The molecule has 1 fully saturated rings. The van der Waals surface area contributed by atoms with Crippen molar-refractivity contribution in [3.05, 3.63) is 71.3 Å². The first-order chi connectivity index (χ1) is 11.7. The van der Waals surface area contributed by atoms with Crippen LogP contribution in [0.1, 0.15) is 34.3 Å². The van der Waals surface area contributed by atoms with Crippen molar-refractivity contribution in [3.63, 3.8) is 0 Å². The number of nitriles is 1. The summed E-state index contributed by atoms with van der Waals surface area (Å²) in [6, 6.07) is 19.1. The highest BCUT2D eigenvalue weighted by Gasteiger charge is 2.34. The second kappa shape index (κ2) is 7.29. The fraction of sp³-hybridized carbons (Fsp3) is 0.300. The van der Waals surface area contributed by atoms with E-state index in [4.69, 9.17) is 10.00 Å². The number of hydrogen-bond donors (Lipinski definition) is 1. The van der Waals surface area contributed by atoms with Crippen molar-refractivity contribution in [2.75, 3.05) is 19.8 Å². The van der Waals surface area contributed by atoms with Gasteiger partial charge in [-0.15, -0.1) is 0 Å². The van der Waals surface area contributed by atoms with E-state index in [0.29, 0.717) is 30.9 Å². The maximum Gasteiger partial charge on any atom is 0.251 e. The molecule has 2 aromatic rings. The molecule has 0 saturated carbocycles. The van der Waals surface area contributed by atoms with Crippen molar-refractivity contribution in [3.8, 4) is 6.07 Å². The van der Waals surface area contributed by atoms with Crippen molar-refractivity contribution < 1.29 is 9.53 Å². The van der Waals surface area contributed by atoms with E-state index >= 15 is 0 Å². The third kappa shape index (κ3) is 3.47. The first-order valence-electron chi connectivity index (χ1n) is 8.15. The van der Waals surface area contributed by atoms with Gasteiger partial charge in [0.15, 0.2) is 0 Å². The molecule has 0 bridgehead atoms. The monoisotopic (exact) mass is 320 g/mol. The fourth-order valence-corrected chi connectivity index (χ4v) is 3.20. The third-order valence-electron chi connectivity index (χ3n) is 4.68. The van der Waals surface area contributed by atoms with Gasteiger partial charge in [0.25, 0.3) is 5.91 Å². The lowest BCUT2D eigenvalue weighted by Crippen LogP contribution is -2.44. The van der Waals surface area contributed by atoms with Gasteiger partial charge in [0.1, 0.15) is 0 Å². The molecule has 0 radical (unpaired) electrons. The first-order valence-corrected chi connectivity index (χ1v) is 8.15. The molecule has 2 aromatic carbocycles. The van der Waals surface area contributed by atoms with Crippen molar-refractivity contribution in [2.45, 2.75) is 18.3 Å². The number of carbonyl (C=O) groups excluding carboxylic acids is 1. The largest absolute Gasteiger partial charge is 0.381 e. The van der Waals surface area contributed by atoms with Gasteiger partial charge in [-0.3, -0.25) is 4.79 Å². The smallest absolute Gasteiger partial charge is 0.251 e. The second-order valence-corrected chi connectivity index (χ2v) is 6.13. The van der Waals surface area contributed by atoms with Crippen LogP contribution in [-0.4, -0.2) is 25.7 Å². The van der Waals surface area contributed by atoms with Gasteiger partial charge in [0, 0.05) is 30.7 Å². The van der Waals surface area contributed by atoms with E-state index in [1.54, 1.807) is 24.3 Å². The predicted octanol–water partition coefficient (Wildman–Crippen LogP) is 3.04. The lowest BCUT2D eigenvalue weighted by Gasteiger charge is -2.38. The van der Waals surface area contributed by atoms with Crippen LogP contribution in [0.5, 0.6) is 0 Å². The van der Waals surface area contributed by atoms with Crippen molar-refractivity contribution >= 4 is 5.91 Å². The maximum absolute atomic E-state index is 12.5. The molecule has 1 N–H and O–H groups in total. The third-order valence-corrected chi connectivity index (χ3v) is 4.68. The first kappa shape index (κ1) is 16.2. The predicted molar refractivity (Wildman–Crippen MR) is 91.7 cm³/mol. The van der Waals surface area contributed by atoms with Crippen LogP contribution in [0.3, 0.4) is 0 Å². The summed E-state index contributed by atoms with van der Waals surface area (Å²) in [5, 5.41) is 12.0. The quantitative estimate of drug-likeness (QED) is 0.942. The Morgan fingerprint density at radius 2 is 1.88 bits per heavy atom. The summed E-state index contributed by atoms with van der Waals surface area (Å²) in [4.78, 5) is 12.5. The van der Waals surface area contributed by atoms with E-state index in [1.165, 1.54) is 5.56 Å². The topological polar surface area (TPSA) is 62.1 Å². The van der Waals surface area contributed by atoms with Gasteiger partial charge < -0.3 is 10.1 Å². The number of nitrogens with one attached hydrogen (secondary N) is 1. The van der Waals surface area contributed by atoms with Crippen molar-refractivity contribution in [2.24, 2.45) is 0 Å². The summed E-state index contributed by atoms with van der Waals surface area (Å²) in [5.41, 5.74) is 2.15. The Balaban J connectivity index is 1.76. The molecule has 1 heterocycles. The Morgan fingerprint density at radius 3 is 2.58 bits per heavy atom. The second-order valence-electron chi connectivity index (χ2n) is 6.13. The van der Waals surface area contributed by atoms with E-state index < -0.39 is 0 Å². The number of rotatable bonds is 4. The van der Waals surface area contributed by atoms with Gasteiger partial charge in [-0.25, -0.2) is 0 Å². The number of nitrogens with zero attached hydrogens (tertiary/aromatic N) is 1. The molecule has 0 atom stereocenters. The SMILES string of the molecule is N#Cc1cccc(C(=O)NCC2(c3ccccc3)CCOCC2)c1. The minimum atomic E-state index is -0.145. The number of carbonyl (C=O) groups is 1. The molecule has 1 aliphatic heterocycles. The minimum absolute atomic E-state index is 0.0952. The van der Waals surface area contributed by atoms with Crippen LogP contribution in [0.4, 0.5) is 0 Å². The highest BCUT2D eigenvalue weighted by molar-refractivity contribution is 5.94. The van der Waals surface area contributed by atoms with Crippen LogP contribution >= 0.6 is 0 Å². The Bertz CT molecular complexity index is 744. The fourth-order valence-electron chi connectivity index (χ4n) is 3.20. The van der Waals surface area contributed by atoms with Crippen LogP contribution in [0.25, 0.3) is 0 Å². The zero-order valence-electron chi connectivity index (χ0n) is 13.5. The molecule has 4 nitrogen and oxygen atoms in total. The van der Waals surface area contributed by atoms with Gasteiger partial charge in [0.05, 0.1) is 11.6 Å². The number of hydrogen-bond acceptors (Lipinski definition) is 3.